The average molecular weight is 378 g/mol. The van der Waals surface area contributed by atoms with Gasteiger partial charge in [0.15, 0.2) is 5.16 Å². The van der Waals surface area contributed by atoms with E-state index < -0.39 is 0 Å². The number of ketones is 1. The van der Waals surface area contributed by atoms with E-state index >= 15 is 0 Å². The fourth-order valence-electron chi connectivity index (χ4n) is 3.75. The summed E-state index contributed by atoms with van der Waals surface area (Å²) in [5.41, 5.74) is 3.50. The number of carbonyl (C=O) groups is 1. The van der Waals surface area contributed by atoms with Crippen LogP contribution in [-0.4, -0.2) is 20.6 Å². The predicted octanol–water partition coefficient (Wildman–Crippen LogP) is 4.61. The van der Waals surface area contributed by atoms with Crippen LogP contribution in [0.15, 0.2) is 52.4 Å². The van der Waals surface area contributed by atoms with Crippen molar-refractivity contribution in [3.05, 3.63) is 63.9 Å². The molecule has 0 unspecified atom stereocenters. The van der Waals surface area contributed by atoms with Gasteiger partial charge in [0.25, 0.3) is 5.56 Å². The first-order valence-electron chi connectivity index (χ1n) is 9.34. The molecule has 0 N–H and O–H groups in total. The number of carbonyl (C=O) groups excluding carboxylic acids is 1. The van der Waals surface area contributed by atoms with Gasteiger partial charge in [0, 0.05) is 6.42 Å². The van der Waals surface area contributed by atoms with Crippen LogP contribution in [0.25, 0.3) is 16.6 Å². The molecule has 1 heterocycles. The Morgan fingerprint density at radius 1 is 1.00 bits per heavy atom. The standard InChI is InChI=1S/C22H22N2O2S/c1-14-8-7-9-15(2)20(14)24-21(26)16-10-3-4-11-17(16)23-22(24)27-19-13-6-5-12-18(19)25/h3-4,7-11,19H,5-6,12-13H2,1-2H3/t19-/m0/s1. The lowest BCUT2D eigenvalue weighted by Gasteiger charge is -2.22. The Kier molecular flexibility index (Phi) is 4.87. The van der Waals surface area contributed by atoms with Crippen molar-refractivity contribution in [1.29, 1.82) is 0 Å². The number of Topliss-reactive ketones (excluding diaryl/α,β-unsaturated/α-hetero) is 1. The van der Waals surface area contributed by atoms with Gasteiger partial charge in [0.1, 0.15) is 5.78 Å². The summed E-state index contributed by atoms with van der Waals surface area (Å²) >= 11 is 1.44. The van der Waals surface area contributed by atoms with Gasteiger partial charge in [-0.05, 0) is 49.9 Å². The van der Waals surface area contributed by atoms with Crippen molar-refractivity contribution >= 4 is 28.4 Å². The molecule has 1 atom stereocenters. The number of fused-ring (bicyclic) bond motifs is 1. The lowest BCUT2D eigenvalue weighted by atomic mass is 9.99. The number of rotatable bonds is 3. The number of thioether (sulfide) groups is 1. The van der Waals surface area contributed by atoms with Crippen molar-refractivity contribution in [2.45, 2.75) is 49.9 Å². The Hall–Kier alpha value is -2.40. The van der Waals surface area contributed by atoms with Gasteiger partial charge in [-0.15, -0.1) is 0 Å². The second kappa shape index (κ2) is 7.31. The zero-order chi connectivity index (χ0) is 19.0. The zero-order valence-corrected chi connectivity index (χ0v) is 16.4. The SMILES string of the molecule is Cc1cccc(C)c1-n1c(S[C@H]2CCCCC2=O)nc2ccccc2c1=O. The highest BCUT2D eigenvalue weighted by molar-refractivity contribution is 8.00. The van der Waals surface area contributed by atoms with E-state index in [4.69, 9.17) is 4.98 Å². The quantitative estimate of drug-likeness (QED) is 0.625. The Balaban J connectivity index is 1.96. The Labute approximate surface area is 162 Å². The number of para-hydroxylation sites is 2. The van der Waals surface area contributed by atoms with E-state index in [2.05, 4.69) is 0 Å². The first-order valence-corrected chi connectivity index (χ1v) is 10.2. The third-order valence-corrected chi connectivity index (χ3v) is 6.42. The Bertz CT molecular complexity index is 1070. The van der Waals surface area contributed by atoms with Crippen LogP contribution in [-0.2, 0) is 4.79 Å². The molecule has 27 heavy (non-hydrogen) atoms. The van der Waals surface area contributed by atoms with Gasteiger partial charge in [-0.1, -0.05) is 48.5 Å². The third-order valence-electron chi connectivity index (χ3n) is 5.15. The van der Waals surface area contributed by atoms with E-state index in [0.717, 1.165) is 36.1 Å². The molecule has 4 nitrogen and oxygen atoms in total. The highest BCUT2D eigenvalue weighted by atomic mass is 32.2. The van der Waals surface area contributed by atoms with Crippen molar-refractivity contribution in [2.75, 3.05) is 0 Å². The van der Waals surface area contributed by atoms with Gasteiger partial charge in [-0.25, -0.2) is 4.98 Å². The minimum atomic E-state index is -0.123. The minimum Gasteiger partial charge on any atom is -0.298 e. The molecule has 0 radical (unpaired) electrons. The molecule has 0 spiro atoms. The Morgan fingerprint density at radius 2 is 1.74 bits per heavy atom. The summed E-state index contributed by atoms with van der Waals surface area (Å²) in [7, 11) is 0. The molecule has 0 amide bonds. The van der Waals surface area contributed by atoms with Crippen LogP contribution in [0.2, 0.25) is 0 Å². The van der Waals surface area contributed by atoms with Crippen LogP contribution >= 0.6 is 11.8 Å². The van der Waals surface area contributed by atoms with Gasteiger partial charge < -0.3 is 0 Å². The van der Waals surface area contributed by atoms with Gasteiger partial charge in [0.2, 0.25) is 0 Å². The maximum absolute atomic E-state index is 13.4. The Morgan fingerprint density at radius 3 is 2.48 bits per heavy atom. The molecule has 2 aromatic carbocycles. The van der Waals surface area contributed by atoms with Crippen LogP contribution in [0.3, 0.4) is 0 Å². The van der Waals surface area contributed by atoms with E-state index in [1.807, 2.05) is 56.3 Å². The lowest BCUT2D eigenvalue weighted by molar-refractivity contribution is -0.119. The topological polar surface area (TPSA) is 52.0 Å². The first-order chi connectivity index (χ1) is 13.1. The summed E-state index contributed by atoms with van der Waals surface area (Å²) in [6.07, 6.45) is 3.48. The summed E-state index contributed by atoms with van der Waals surface area (Å²) in [4.78, 5) is 30.6. The van der Waals surface area contributed by atoms with Gasteiger partial charge in [-0.3, -0.25) is 14.2 Å². The van der Waals surface area contributed by atoms with Gasteiger partial charge in [-0.2, -0.15) is 0 Å². The number of aromatic nitrogens is 2. The van der Waals surface area contributed by atoms with Crippen LogP contribution in [0.5, 0.6) is 0 Å². The summed E-state index contributed by atoms with van der Waals surface area (Å²) in [6.45, 7) is 4.01. The molecule has 138 valence electrons. The normalized spacial score (nSPS) is 17.4. The van der Waals surface area contributed by atoms with Crippen molar-refractivity contribution < 1.29 is 4.79 Å². The lowest BCUT2D eigenvalue weighted by Crippen LogP contribution is -2.27. The van der Waals surface area contributed by atoms with E-state index in [1.165, 1.54) is 11.8 Å². The highest BCUT2D eigenvalue weighted by Crippen LogP contribution is 2.33. The fourth-order valence-corrected chi connectivity index (χ4v) is 4.97. The maximum atomic E-state index is 13.4. The molecule has 3 aromatic rings. The second-order valence-electron chi connectivity index (χ2n) is 7.11. The molecular weight excluding hydrogens is 356 g/mol. The summed E-state index contributed by atoms with van der Waals surface area (Å²) in [6, 6.07) is 13.4. The van der Waals surface area contributed by atoms with Crippen LogP contribution in [0.4, 0.5) is 0 Å². The summed E-state index contributed by atoms with van der Waals surface area (Å²) in [5.74, 6) is 0.265. The molecule has 1 aliphatic rings. The first kappa shape index (κ1) is 18.0. The zero-order valence-electron chi connectivity index (χ0n) is 15.6. The molecule has 4 rings (SSSR count). The largest absolute Gasteiger partial charge is 0.298 e. The number of hydrogen-bond acceptors (Lipinski definition) is 4. The number of hydrogen-bond donors (Lipinski definition) is 0. The molecule has 0 saturated heterocycles. The molecule has 5 heteroatoms. The minimum absolute atomic E-state index is 0.0799. The maximum Gasteiger partial charge on any atom is 0.266 e. The number of benzene rings is 2. The van der Waals surface area contributed by atoms with E-state index in [-0.39, 0.29) is 16.6 Å². The fraction of sp³-hybridized carbons (Fsp3) is 0.318. The molecule has 1 aromatic heterocycles. The molecule has 1 aliphatic carbocycles. The monoisotopic (exact) mass is 378 g/mol. The third kappa shape index (κ3) is 3.32. The van der Waals surface area contributed by atoms with Crippen molar-refractivity contribution in [2.24, 2.45) is 0 Å². The number of aryl methyl sites for hydroxylation is 2. The smallest absolute Gasteiger partial charge is 0.266 e. The number of nitrogens with zero attached hydrogens (tertiary/aromatic N) is 2. The van der Waals surface area contributed by atoms with Crippen molar-refractivity contribution in [3.8, 4) is 5.69 Å². The molecular formula is C22H22N2O2S. The second-order valence-corrected chi connectivity index (χ2v) is 8.28. The average Bonchev–Trinajstić information content (AvgIpc) is 2.66. The summed E-state index contributed by atoms with van der Waals surface area (Å²) < 4.78 is 1.71. The van der Waals surface area contributed by atoms with Crippen LogP contribution in [0.1, 0.15) is 36.8 Å². The van der Waals surface area contributed by atoms with Crippen LogP contribution in [0, 0.1) is 13.8 Å². The van der Waals surface area contributed by atoms with E-state index in [9.17, 15) is 9.59 Å². The molecule has 1 saturated carbocycles. The van der Waals surface area contributed by atoms with Crippen LogP contribution < -0.4 is 5.56 Å². The molecule has 1 fully saturated rings. The molecule has 0 bridgehead atoms. The molecule has 0 aliphatic heterocycles. The van der Waals surface area contributed by atoms with Crippen molar-refractivity contribution in [3.63, 3.8) is 0 Å². The van der Waals surface area contributed by atoms with Gasteiger partial charge >= 0.3 is 0 Å². The van der Waals surface area contributed by atoms with Gasteiger partial charge in [0.05, 0.1) is 21.8 Å². The predicted molar refractivity (Wildman–Crippen MR) is 110 cm³/mol. The van der Waals surface area contributed by atoms with E-state index in [1.54, 1.807) is 4.57 Å². The highest BCUT2D eigenvalue weighted by Gasteiger charge is 2.26. The summed E-state index contributed by atoms with van der Waals surface area (Å²) in [5, 5.41) is 1.08. The van der Waals surface area contributed by atoms with Crippen molar-refractivity contribution in [1.82, 2.24) is 9.55 Å². The van der Waals surface area contributed by atoms with E-state index in [0.29, 0.717) is 22.5 Å².